The molecule has 2 aliphatic rings. The molecule has 0 atom stereocenters. The summed E-state index contributed by atoms with van der Waals surface area (Å²) in [6.07, 6.45) is 1.77. The number of fused-ring (bicyclic) bond motifs is 1. The number of carbonyl (C=O) groups is 3. The van der Waals surface area contributed by atoms with Gasteiger partial charge in [0.2, 0.25) is 0 Å². The Hall–Kier alpha value is -2.57. The maximum atomic E-state index is 12.5. The molecule has 3 rings (SSSR count). The van der Waals surface area contributed by atoms with Crippen LogP contribution in [0, 0.1) is 0 Å². The number of amides is 3. The number of nitrogens with one attached hydrogen (secondary N) is 1. The van der Waals surface area contributed by atoms with Gasteiger partial charge in [-0.25, -0.2) is 9.59 Å². The van der Waals surface area contributed by atoms with E-state index >= 15 is 0 Å². The molecule has 0 aliphatic carbocycles. The maximum Gasteiger partial charge on any atom is 0.410 e. The number of anilines is 1. The van der Waals surface area contributed by atoms with Gasteiger partial charge >= 0.3 is 12.1 Å². The Morgan fingerprint density at radius 3 is 2.64 bits per heavy atom. The molecule has 0 aromatic heterocycles. The Morgan fingerprint density at radius 1 is 1.20 bits per heavy atom. The molecule has 2 heterocycles. The third kappa shape index (κ3) is 4.10. The Labute approximate surface area is 146 Å². The van der Waals surface area contributed by atoms with Crippen molar-refractivity contribution in [3.8, 4) is 0 Å². The van der Waals surface area contributed by atoms with Gasteiger partial charge in [-0.15, -0.1) is 0 Å². The minimum atomic E-state index is -0.457. The number of carbonyl (C=O) groups excluding carboxylic acids is 3. The molecule has 0 bridgehead atoms. The molecule has 25 heavy (non-hydrogen) atoms. The van der Waals surface area contributed by atoms with Gasteiger partial charge in [-0.05, 0) is 37.8 Å². The minimum Gasteiger partial charge on any atom is -0.441 e. The second-order valence-corrected chi connectivity index (χ2v) is 6.51. The molecule has 1 aromatic carbocycles. The molecule has 134 valence electrons. The zero-order valence-electron chi connectivity index (χ0n) is 14.4. The van der Waals surface area contributed by atoms with Crippen LogP contribution in [-0.4, -0.2) is 60.0 Å². The van der Waals surface area contributed by atoms with E-state index in [1.54, 1.807) is 4.90 Å². The number of para-hydroxylation sites is 1. The predicted molar refractivity (Wildman–Crippen MR) is 92.5 cm³/mol. The fraction of sp³-hybridized carbons (Fsp3) is 0.500. The molecule has 1 N–H and O–H groups in total. The highest BCUT2D eigenvalue weighted by molar-refractivity contribution is 5.91. The third-order valence-electron chi connectivity index (χ3n) is 4.70. The molecule has 7 nitrogen and oxygen atoms in total. The molecular formula is C18H23N3O4. The van der Waals surface area contributed by atoms with Crippen LogP contribution in [0.3, 0.4) is 0 Å². The van der Waals surface area contributed by atoms with Crippen molar-refractivity contribution < 1.29 is 19.1 Å². The van der Waals surface area contributed by atoms with E-state index in [1.807, 2.05) is 29.2 Å². The molecule has 0 unspecified atom stereocenters. The average Bonchev–Trinajstić information content (AvgIpc) is 2.78. The van der Waals surface area contributed by atoms with Crippen LogP contribution in [0.1, 0.15) is 25.3 Å². The van der Waals surface area contributed by atoms with Gasteiger partial charge in [0.25, 0.3) is 0 Å². The van der Waals surface area contributed by atoms with Crippen molar-refractivity contribution in [2.45, 2.75) is 32.2 Å². The number of rotatable bonds is 3. The summed E-state index contributed by atoms with van der Waals surface area (Å²) in [7, 11) is 0. The Balaban J connectivity index is 1.55. The van der Waals surface area contributed by atoms with E-state index in [0.717, 1.165) is 17.7 Å². The summed E-state index contributed by atoms with van der Waals surface area (Å²) in [6.45, 7) is 2.92. The Kier molecular flexibility index (Phi) is 5.21. The highest BCUT2D eigenvalue weighted by atomic mass is 16.6. The summed E-state index contributed by atoms with van der Waals surface area (Å²) in [4.78, 5) is 38.8. The second kappa shape index (κ2) is 7.55. The van der Waals surface area contributed by atoms with Crippen molar-refractivity contribution in [1.29, 1.82) is 0 Å². The molecular weight excluding hydrogens is 322 g/mol. The van der Waals surface area contributed by atoms with Crippen molar-refractivity contribution in [2.24, 2.45) is 0 Å². The van der Waals surface area contributed by atoms with Gasteiger partial charge in [0.15, 0.2) is 12.4 Å². The van der Waals surface area contributed by atoms with Crippen LogP contribution in [0.15, 0.2) is 24.3 Å². The van der Waals surface area contributed by atoms with Gasteiger partial charge < -0.3 is 19.9 Å². The number of Topliss-reactive ketones (excluding diaryl/α,β-unsaturated/α-hetero) is 1. The summed E-state index contributed by atoms with van der Waals surface area (Å²) in [5.74, 6) is -0.177. The van der Waals surface area contributed by atoms with Gasteiger partial charge in [-0.1, -0.05) is 18.2 Å². The smallest absolute Gasteiger partial charge is 0.410 e. The summed E-state index contributed by atoms with van der Waals surface area (Å²) < 4.78 is 4.95. The number of hydrogen-bond donors (Lipinski definition) is 1. The molecule has 1 saturated heterocycles. The van der Waals surface area contributed by atoms with Crippen LogP contribution in [0.2, 0.25) is 0 Å². The molecule has 0 spiro atoms. The lowest BCUT2D eigenvalue weighted by atomic mass is 10.0. The first-order valence-electron chi connectivity index (χ1n) is 8.61. The maximum absolute atomic E-state index is 12.5. The standard InChI is InChI=1S/C18H23N3O4/c1-13(22)12-25-18(24)20-9-7-15(8-10-20)21-11-6-14-4-2-3-5-16(14)19-17(21)23/h2-5,15H,6-12H2,1H3,(H,19,23). The second-order valence-electron chi connectivity index (χ2n) is 6.51. The van der Waals surface area contributed by atoms with Crippen LogP contribution in [0.25, 0.3) is 0 Å². The Morgan fingerprint density at radius 2 is 1.92 bits per heavy atom. The van der Waals surface area contributed by atoms with Gasteiger partial charge in [0, 0.05) is 31.4 Å². The molecule has 1 fully saturated rings. The van der Waals surface area contributed by atoms with Crippen molar-refractivity contribution in [2.75, 3.05) is 31.6 Å². The van der Waals surface area contributed by atoms with Crippen LogP contribution in [0.4, 0.5) is 15.3 Å². The summed E-state index contributed by atoms with van der Waals surface area (Å²) in [6, 6.07) is 7.87. The quantitative estimate of drug-likeness (QED) is 0.911. The van der Waals surface area contributed by atoms with E-state index < -0.39 is 6.09 Å². The topological polar surface area (TPSA) is 79.0 Å². The number of ether oxygens (including phenoxy) is 1. The third-order valence-corrected chi connectivity index (χ3v) is 4.70. The van der Waals surface area contributed by atoms with E-state index in [4.69, 9.17) is 4.74 Å². The zero-order chi connectivity index (χ0) is 17.8. The molecule has 0 radical (unpaired) electrons. The van der Waals surface area contributed by atoms with Crippen LogP contribution in [-0.2, 0) is 16.0 Å². The molecule has 3 amide bonds. The van der Waals surface area contributed by atoms with Crippen LogP contribution < -0.4 is 5.32 Å². The summed E-state index contributed by atoms with van der Waals surface area (Å²) in [5, 5.41) is 2.98. The Bertz CT molecular complexity index is 668. The van der Waals surface area contributed by atoms with Crippen molar-refractivity contribution >= 4 is 23.6 Å². The molecule has 0 saturated carbocycles. The van der Waals surface area contributed by atoms with Crippen molar-refractivity contribution in [3.05, 3.63) is 29.8 Å². The lowest BCUT2D eigenvalue weighted by molar-refractivity contribution is -0.120. The van der Waals surface area contributed by atoms with Gasteiger partial charge in [0.1, 0.15) is 0 Å². The number of piperidine rings is 1. The zero-order valence-corrected chi connectivity index (χ0v) is 14.4. The van der Waals surface area contributed by atoms with E-state index in [-0.39, 0.29) is 24.5 Å². The predicted octanol–water partition coefficient (Wildman–Crippen LogP) is 2.27. The van der Waals surface area contributed by atoms with E-state index in [9.17, 15) is 14.4 Å². The monoisotopic (exact) mass is 345 g/mol. The first kappa shape index (κ1) is 17.3. The fourth-order valence-corrected chi connectivity index (χ4v) is 3.35. The van der Waals surface area contributed by atoms with Crippen LogP contribution in [0.5, 0.6) is 0 Å². The summed E-state index contributed by atoms with van der Waals surface area (Å²) >= 11 is 0. The highest BCUT2D eigenvalue weighted by Gasteiger charge is 2.31. The summed E-state index contributed by atoms with van der Waals surface area (Å²) in [5.41, 5.74) is 2.02. The lowest BCUT2D eigenvalue weighted by Crippen LogP contribution is -2.50. The first-order valence-corrected chi connectivity index (χ1v) is 8.61. The van der Waals surface area contributed by atoms with Gasteiger partial charge in [-0.3, -0.25) is 4.79 Å². The average molecular weight is 345 g/mol. The number of nitrogens with zero attached hydrogens (tertiary/aromatic N) is 2. The largest absolute Gasteiger partial charge is 0.441 e. The lowest BCUT2D eigenvalue weighted by Gasteiger charge is -2.37. The number of urea groups is 1. The van der Waals surface area contributed by atoms with Gasteiger partial charge in [-0.2, -0.15) is 0 Å². The number of likely N-dealkylation sites (tertiary alicyclic amines) is 1. The van der Waals surface area contributed by atoms with E-state index in [2.05, 4.69) is 5.32 Å². The fourth-order valence-electron chi connectivity index (χ4n) is 3.35. The van der Waals surface area contributed by atoms with E-state index in [0.29, 0.717) is 32.5 Å². The van der Waals surface area contributed by atoms with Crippen molar-refractivity contribution in [1.82, 2.24) is 9.80 Å². The van der Waals surface area contributed by atoms with E-state index in [1.165, 1.54) is 6.92 Å². The number of hydrogen-bond acceptors (Lipinski definition) is 4. The normalized spacial score (nSPS) is 18.2. The molecule has 7 heteroatoms. The number of ketones is 1. The minimum absolute atomic E-state index is 0.0810. The van der Waals surface area contributed by atoms with Crippen molar-refractivity contribution in [3.63, 3.8) is 0 Å². The van der Waals surface area contributed by atoms with Gasteiger partial charge in [0.05, 0.1) is 0 Å². The molecule has 2 aliphatic heterocycles. The van der Waals surface area contributed by atoms with Crippen LogP contribution >= 0.6 is 0 Å². The molecule has 1 aromatic rings. The first-order chi connectivity index (χ1) is 12.0. The highest BCUT2D eigenvalue weighted by Crippen LogP contribution is 2.24. The SMILES string of the molecule is CC(=O)COC(=O)N1CCC(N2CCc3ccccc3NC2=O)CC1. The number of benzene rings is 1.